The van der Waals surface area contributed by atoms with Crippen molar-refractivity contribution in [1.29, 1.82) is 0 Å². The number of carbonyl (C=O) groups is 1. The highest BCUT2D eigenvalue weighted by atomic mass is 16.7. The van der Waals surface area contributed by atoms with E-state index in [4.69, 9.17) is 18.9 Å². The van der Waals surface area contributed by atoms with Gasteiger partial charge >= 0.3 is 0 Å². The average Bonchev–Trinajstić information content (AvgIpc) is 3.38. The summed E-state index contributed by atoms with van der Waals surface area (Å²) in [6.45, 7) is 6.16. The maximum Gasteiger partial charge on any atom is 0.257 e. The molecule has 3 aliphatic rings. The van der Waals surface area contributed by atoms with E-state index in [1.54, 1.807) is 11.1 Å². The van der Waals surface area contributed by atoms with Gasteiger partial charge in [-0.1, -0.05) is 0 Å². The first-order valence-electron chi connectivity index (χ1n) is 9.50. The van der Waals surface area contributed by atoms with E-state index in [0.29, 0.717) is 45.0 Å². The minimum absolute atomic E-state index is 0.0127. The first-order chi connectivity index (χ1) is 12.7. The van der Waals surface area contributed by atoms with E-state index in [1.165, 1.54) is 0 Å². The maximum absolute atomic E-state index is 12.9. The normalized spacial score (nSPS) is 25.3. The van der Waals surface area contributed by atoms with E-state index in [0.717, 1.165) is 38.0 Å². The summed E-state index contributed by atoms with van der Waals surface area (Å²) in [5.41, 5.74) is 1.49. The highest BCUT2D eigenvalue weighted by Gasteiger charge is 2.45. The van der Waals surface area contributed by atoms with Crippen molar-refractivity contribution in [3.8, 4) is 0 Å². The Morgan fingerprint density at radius 3 is 2.96 bits per heavy atom. The molecule has 26 heavy (non-hydrogen) atoms. The van der Waals surface area contributed by atoms with E-state index in [1.807, 2.05) is 11.6 Å². The van der Waals surface area contributed by atoms with Crippen molar-refractivity contribution in [2.24, 2.45) is 0 Å². The van der Waals surface area contributed by atoms with Crippen LogP contribution in [0.4, 0.5) is 0 Å². The van der Waals surface area contributed by atoms with Crippen LogP contribution in [0.2, 0.25) is 0 Å². The monoisotopic (exact) mass is 365 g/mol. The molecule has 0 unspecified atom stereocenters. The fraction of sp³-hybridized carbons (Fsp3) is 0.778. The molecule has 1 aromatic rings. The Hall–Kier alpha value is -1.48. The Labute approximate surface area is 153 Å². The Morgan fingerprint density at radius 2 is 2.19 bits per heavy atom. The van der Waals surface area contributed by atoms with Crippen LogP contribution in [0.25, 0.3) is 0 Å². The van der Waals surface area contributed by atoms with Crippen LogP contribution in [0.5, 0.6) is 0 Å². The number of nitrogens with zero attached hydrogens (tertiary/aromatic N) is 3. The van der Waals surface area contributed by atoms with Crippen molar-refractivity contribution in [2.45, 2.75) is 51.2 Å². The summed E-state index contributed by atoms with van der Waals surface area (Å²) in [5, 5.41) is 4.37. The van der Waals surface area contributed by atoms with Crippen LogP contribution in [0.15, 0.2) is 6.20 Å². The third-order valence-electron chi connectivity index (χ3n) is 5.37. The number of rotatable bonds is 5. The number of ether oxygens (including phenoxy) is 4. The summed E-state index contributed by atoms with van der Waals surface area (Å²) in [7, 11) is 0. The van der Waals surface area contributed by atoms with Crippen LogP contribution < -0.4 is 0 Å². The number of hydrogen-bond donors (Lipinski definition) is 0. The van der Waals surface area contributed by atoms with Crippen LogP contribution in [-0.4, -0.2) is 72.2 Å². The third kappa shape index (κ3) is 3.64. The van der Waals surface area contributed by atoms with Gasteiger partial charge in [0.1, 0.15) is 0 Å². The van der Waals surface area contributed by atoms with Crippen molar-refractivity contribution in [1.82, 2.24) is 14.7 Å². The molecule has 0 bridgehead atoms. The molecule has 0 aliphatic carbocycles. The van der Waals surface area contributed by atoms with Gasteiger partial charge in [0.05, 0.1) is 44.7 Å². The largest absolute Gasteiger partial charge is 0.353 e. The Kier molecular flexibility index (Phi) is 5.26. The molecule has 3 fully saturated rings. The van der Waals surface area contributed by atoms with Crippen LogP contribution in [0.1, 0.15) is 41.7 Å². The van der Waals surface area contributed by atoms with E-state index in [9.17, 15) is 4.79 Å². The zero-order valence-corrected chi connectivity index (χ0v) is 15.3. The molecule has 8 nitrogen and oxygen atoms in total. The molecule has 144 valence electrons. The van der Waals surface area contributed by atoms with Gasteiger partial charge in [0.25, 0.3) is 5.91 Å². The molecule has 0 radical (unpaired) electrons. The zero-order chi connectivity index (χ0) is 18.0. The zero-order valence-electron chi connectivity index (χ0n) is 15.3. The van der Waals surface area contributed by atoms with E-state index in [-0.39, 0.29) is 12.2 Å². The molecule has 1 amide bonds. The quantitative estimate of drug-likeness (QED) is 0.784. The number of likely N-dealkylation sites (tertiary alicyclic amines) is 1. The average molecular weight is 365 g/mol. The van der Waals surface area contributed by atoms with Crippen molar-refractivity contribution < 1.29 is 23.7 Å². The van der Waals surface area contributed by atoms with Gasteiger partial charge in [0.2, 0.25) is 0 Å². The predicted octanol–water partition coefficient (Wildman–Crippen LogP) is 1.32. The second-order valence-corrected chi connectivity index (χ2v) is 7.12. The van der Waals surface area contributed by atoms with Gasteiger partial charge in [-0.25, -0.2) is 0 Å². The number of hydrogen-bond acceptors (Lipinski definition) is 6. The lowest BCUT2D eigenvalue weighted by Gasteiger charge is -2.23. The molecule has 4 rings (SSSR count). The predicted molar refractivity (Wildman–Crippen MR) is 91.7 cm³/mol. The van der Waals surface area contributed by atoms with Crippen molar-refractivity contribution in [3.63, 3.8) is 0 Å². The topological polar surface area (TPSA) is 75.1 Å². The smallest absolute Gasteiger partial charge is 0.257 e. The summed E-state index contributed by atoms with van der Waals surface area (Å²) < 4.78 is 24.6. The molecular weight excluding hydrogens is 338 g/mol. The Balaban J connectivity index is 1.32. The van der Waals surface area contributed by atoms with Crippen LogP contribution in [0, 0.1) is 6.92 Å². The number of amides is 1. The molecule has 4 heterocycles. The summed E-state index contributed by atoms with van der Waals surface area (Å²) in [5.74, 6) is -0.603. The fourth-order valence-corrected chi connectivity index (χ4v) is 3.83. The van der Waals surface area contributed by atoms with Gasteiger partial charge in [-0.05, 0) is 26.2 Å². The number of carbonyl (C=O) groups excluding carboxylic acids is 1. The molecular formula is C18H27N3O5. The van der Waals surface area contributed by atoms with Crippen LogP contribution in [0.3, 0.4) is 0 Å². The van der Waals surface area contributed by atoms with Gasteiger partial charge in [-0.2, -0.15) is 5.10 Å². The summed E-state index contributed by atoms with van der Waals surface area (Å²) in [6.07, 6.45) is 5.47. The highest BCUT2D eigenvalue weighted by molar-refractivity contribution is 5.95. The minimum Gasteiger partial charge on any atom is -0.353 e. The van der Waals surface area contributed by atoms with Crippen molar-refractivity contribution in [2.75, 3.05) is 39.5 Å². The minimum atomic E-state index is -0.590. The Bertz CT molecular complexity index is 635. The molecule has 1 atom stereocenters. The molecule has 1 aromatic heterocycles. The lowest BCUT2D eigenvalue weighted by molar-refractivity contribution is -0.163. The Morgan fingerprint density at radius 1 is 1.35 bits per heavy atom. The SMILES string of the molecule is Cc1c(C(=O)N2CCC3(C2)OCCO3)cnn1CCO[C@H]1CCCCO1. The summed E-state index contributed by atoms with van der Waals surface area (Å²) in [6, 6.07) is 0. The van der Waals surface area contributed by atoms with E-state index in [2.05, 4.69) is 5.10 Å². The number of aromatic nitrogens is 2. The van der Waals surface area contributed by atoms with Gasteiger partial charge in [-0.3, -0.25) is 9.48 Å². The van der Waals surface area contributed by atoms with Crippen LogP contribution in [-0.2, 0) is 25.5 Å². The molecule has 8 heteroatoms. The molecule has 0 saturated carbocycles. The second kappa shape index (κ2) is 7.64. The van der Waals surface area contributed by atoms with Gasteiger partial charge in [-0.15, -0.1) is 0 Å². The highest BCUT2D eigenvalue weighted by Crippen LogP contribution is 2.31. The third-order valence-corrected chi connectivity index (χ3v) is 5.37. The molecule has 1 spiro atoms. The lowest BCUT2D eigenvalue weighted by Crippen LogP contribution is -2.37. The van der Waals surface area contributed by atoms with E-state index >= 15 is 0 Å². The summed E-state index contributed by atoms with van der Waals surface area (Å²) in [4.78, 5) is 14.7. The maximum atomic E-state index is 12.9. The van der Waals surface area contributed by atoms with Gasteiger partial charge in [0.15, 0.2) is 12.1 Å². The van der Waals surface area contributed by atoms with Crippen molar-refractivity contribution >= 4 is 5.91 Å². The second-order valence-electron chi connectivity index (χ2n) is 7.12. The van der Waals surface area contributed by atoms with Crippen molar-refractivity contribution in [3.05, 3.63) is 17.5 Å². The first-order valence-corrected chi connectivity index (χ1v) is 9.50. The first kappa shape index (κ1) is 17.9. The summed E-state index contributed by atoms with van der Waals surface area (Å²) >= 11 is 0. The molecule has 3 saturated heterocycles. The van der Waals surface area contributed by atoms with E-state index < -0.39 is 5.79 Å². The lowest BCUT2D eigenvalue weighted by atomic mass is 10.2. The molecule has 3 aliphatic heterocycles. The molecule has 0 N–H and O–H groups in total. The van der Waals surface area contributed by atoms with Gasteiger partial charge < -0.3 is 23.8 Å². The standard InChI is InChI=1S/C18H27N3O5/c1-14-15(17(22)20-6-5-18(13-20)25-10-11-26-18)12-19-21(14)7-9-24-16-4-2-3-8-23-16/h12,16H,2-11,13H2,1H3/t16-/m0/s1. The van der Waals surface area contributed by atoms with Gasteiger partial charge in [0, 0.05) is 25.3 Å². The fourth-order valence-electron chi connectivity index (χ4n) is 3.83. The molecule has 0 aromatic carbocycles. The van der Waals surface area contributed by atoms with Crippen LogP contribution >= 0.6 is 0 Å².